The first-order valence-corrected chi connectivity index (χ1v) is 20.0. The predicted octanol–water partition coefficient (Wildman–Crippen LogP) is 6.05. The number of halogens is 2. The molecule has 0 aliphatic carbocycles. The molecule has 11 heteroatoms. The van der Waals surface area contributed by atoms with Crippen molar-refractivity contribution in [2.45, 2.75) is 62.7 Å². The van der Waals surface area contributed by atoms with Crippen LogP contribution in [0.15, 0.2) is 79.0 Å². The van der Waals surface area contributed by atoms with Gasteiger partial charge >= 0.3 is 0 Å². The number of anilines is 1. The van der Waals surface area contributed by atoms with Crippen molar-refractivity contribution in [1.82, 2.24) is 15.0 Å². The Kier molecular flexibility index (Phi) is 9.07. The van der Waals surface area contributed by atoms with Gasteiger partial charge in [0.15, 0.2) is 13.9 Å². The molecule has 0 radical (unpaired) electrons. The highest BCUT2D eigenvalue weighted by atomic mass is 127. The second-order valence-electron chi connectivity index (χ2n) is 12.4. The first-order valence-electron chi connectivity index (χ1n) is 14.9. The van der Waals surface area contributed by atoms with Crippen molar-refractivity contribution in [3.8, 4) is 0 Å². The number of aliphatic hydroxyl groups is 1. The Morgan fingerprint density at radius 3 is 2.43 bits per heavy atom. The number of ether oxygens (including phenoxy) is 1. The average Bonchev–Trinajstić information content (AvgIpc) is 3.64. The van der Waals surface area contributed by atoms with Crippen LogP contribution in [0.5, 0.6) is 0 Å². The fraction of sp³-hybridized carbons (Fsp3) is 0.364. The molecule has 5 atom stereocenters. The van der Waals surface area contributed by atoms with E-state index in [0.717, 1.165) is 29.5 Å². The number of carbonyl (C=O) groups excluding carboxylic acids is 1. The summed E-state index contributed by atoms with van der Waals surface area (Å²) in [6.07, 6.45) is 2.09. The summed E-state index contributed by atoms with van der Waals surface area (Å²) in [5.74, 6) is -0.557. The molecule has 2 aliphatic heterocycles. The zero-order valence-electron chi connectivity index (χ0n) is 24.9. The highest BCUT2D eigenvalue weighted by Gasteiger charge is 2.66. The normalized spacial score (nSPS) is 23.8. The molecule has 3 heterocycles. The van der Waals surface area contributed by atoms with E-state index in [1.807, 2.05) is 66.7 Å². The third-order valence-electron chi connectivity index (χ3n) is 9.14. The zero-order valence-corrected chi connectivity index (χ0v) is 30.2. The lowest BCUT2D eigenvalue weighted by molar-refractivity contribution is -0.146. The second-order valence-corrected chi connectivity index (χ2v) is 18.8. The summed E-state index contributed by atoms with van der Waals surface area (Å²) in [6.45, 7) is 6.85. The lowest BCUT2D eigenvalue weighted by Gasteiger charge is -2.32. The molecular formula is C33H36I2N4O4Si. The Morgan fingerprint density at radius 1 is 1.05 bits per heavy atom. The van der Waals surface area contributed by atoms with E-state index in [0.29, 0.717) is 25.2 Å². The monoisotopic (exact) mass is 834 g/mol. The van der Waals surface area contributed by atoms with E-state index >= 15 is 0 Å². The molecule has 8 nitrogen and oxygen atoms in total. The maximum absolute atomic E-state index is 14.6. The van der Waals surface area contributed by atoms with Crippen LogP contribution in [-0.4, -0.2) is 51.8 Å². The molecule has 6 rings (SSSR count). The van der Waals surface area contributed by atoms with E-state index in [-0.39, 0.29) is 36.0 Å². The van der Waals surface area contributed by atoms with E-state index in [1.54, 1.807) is 4.68 Å². The number of benzene rings is 3. The topological polar surface area (TPSA) is 101 Å². The largest absolute Gasteiger partial charge is 0.432 e. The Morgan fingerprint density at radius 2 is 1.75 bits per heavy atom. The molecular weight excluding hydrogens is 798 g/mol. The third-order valence-corrected chi connectivity index (χ3v) is 13.0. The number of fused-ring (bicyclic) bond motifs is 2. The number of rotatable bonds is 9. The van der Waals surface area contributed by atoms with Crippen LogP contribution in [0, 0.1) is 13.1 Å². The van der Waals surface area contributed by atoms with Crippen LogP contribution in [0.2, 0.25) is 18.6 Å². The second kappa shape index (κ2) is 12.6. The van der Waals surface area contributed by atoms with Crippen LogP contribution in [0.1, 0.15) is 41.6 Å². The summed E-state index contributed by atoms with van der Waals surface area (Å²) >= 11 is 4.58. The van der Waals surface area contributed by atoms with E-state index in [2.05, 4.69) is 92.7 Å². The Labute approximate surface area is 286 Å². The van der Waals surface area contributed by atoms with Crippen LogP contribution >= 0.6 is 45.2 Å². The first kappa shape index (κ1) is 31.8. The van der Waals surface area contributed by atoms with Crippen molar-refractivity contribution in [3.05, 3.63) is 109 Å². The number of aliphatic hydroxyl groups excluding tert-OH is 1. The van der Waals surface area contributed by atoms with E-state index in [9.17, 15) is 14.7 Å². The molecule has 1 unspecified atom stereocenters. The lowest BCUT2D eigenvalue weighted by atomic mass is 9.82. The summed E-state index contributed by atoms with van der Waals surface area (Å²) in [7, 11) is -2.79. The van der Waals surface area contributed by atoms with Crippen molar-refractivity contribution in [1.29, 1.82) is 0 Å². The van der Waals surface area contributed by atoms with Crippen LogP contribution in [-0.2, 0) is 28.2 Å². The van der Waals surface area contributed by atoms with Crippen LogP contribution < -0.4 is 4.90 Å². The van der Waals surface area contributed by atoms with Crippen LogP contribution in [0.3, 0.4) is 0 Å². The number of aromatic nitrogens is 3. The van der Waals surface area contributed by atoms with Gasteiger partial charge in [0.05, 0.1) is 36.6 Å². The van der Waals surface area contributed by atoms with Gasteiger partial charge in [-0.15, -0.1) is 5.10 Å². The minimum atomic E-state index is -2.79. The molecule has 1 amide bonds. The van der Waals surface area contributed by atoms with Gasteiger partial charge in [-0.2, -0.15) is 0 Å². The Hall–Kier alpha value is -2.17. The molecule has 4 aromatic rings. The van der Waals surface area contributed by atoms with Gasteiger partial charge in [-0.3, -0.25) is 9.48 Å². The molecule has 1 aromatic heterocycles. The maximum Gasteiger partial charge on any atom is 0.264 e. The predicted molar refractivity (Wildman–Crippen MR) is 189 cm³/mol. The van der Waals surface area contributed by atoms with Crippen molar-refractivity contribution in [2.75, 3.05) is 11.5 Å². The minimum Gasteiger partial charge on any atom is -0.432 e. The number of nitrogens with zero attached hydrogens (tertiary/aromatic N) is 4. The fourth-order valence-corrected chi connectivity index (χ4v) is 10.6. The summed E-state index contributed by atoms with van der Waals surface area (Å²) in [6, 6.07) is 24.2. The molecule has 1 fully saturated rings. The fourth-order valence-electron chi connectivity index (χ4n) is 7.15. The zero-order chi connectivity index (χ0) is 31.2. The van der Waals surface area contributed by atoms with Crippen molar-refractivity contribution < 1.29 is 19.4 Å². The highest BCUT2D eigenvalue weighted by Crippen LogP contribution is 2.60. The summed E-state index contributed by atoms with van der Waals surface area (Å²) in [4.78, 5) is 28.1. The first-order chi connectivity index (χ1) is 21.0. The molecule has 3 aromatic carbocycles. The van der Waals surface area contributed by atoms with Gasteiger partial charge in [-0.1, -0.05) is 54.6 Å². The summed E-state index contributed by atoms with van der Waals surface area (Å²) < 4.78 is 10.9. The molecule has 44 heavy (non-hydrogen) atoms. The molecule has 1 saturated heterocycles. The van der Waals surface area contributed by atoms with Gasteiger partial charge in [0.1, 0.15) is 0 Å². The molecule has 230 valence electrons. The van der Waals surface area contributed by atoms with Crippen LogP contribution in [0.4, 0.5) is 5.69 Å². The number of carbonyl (C=O) groups is 1. The van der Waals surface area contributed by atoms with E-state index < -0.39 is 13.9 Å². The molecule has 2 aliphatic rings. The number of hydrogen-bond acceptors (Lipinski definition) is 6. The summed E-state index contributed by atoms with van der Waals surface area (Å²) in [5, 5.41) is 18.9. The van der Waals surface area contributed by atoms with Gasteiger partial charge in [-0.25, -0.2) is 0 Å². The molecule has 2 N–H and O–H groups in total. The summed E-state index contributed by atoms with van der Waals surface area (Å²) in [5.41, 5.74) is 3.13. The van der Waals surface area contributed by atoms with Crippen molar-refractivity contribution >= 4 is 65.1 Å². The molecule has 0 bridgehead atoms. The quantitative estimate of drug-likeness (QED) is 0.158. The van der Waals surface area contributed by atoms with Gasteiger partial charge in [0.2, 0.25) is 0 Å². The highest BCUT2D eigenvalue weighted by molar-refractivity contribution is 14.1. The van der Waals surface area contributed by atoms with E-state index in [1.165, 1.54) is 0 Å². The van der Waals surface area contributed by atoms with Crippen LogP contribution in [0.25, 0.3) is 0 Å². The number of amides is 1. The Bertz CT molecular complexity index is 1650. The van der Waals surface area contributed by atoms with Gasteiger partial charge < -0.3 is 19.5 Å². The lowest BCUT2D eigenvalue weighted by Crippen LogP contribution is -2.46. The van der Waals surface area contributed by atoms with E-state index in [4.69, 9.17) is 4.74 Å². The van der Waals surface area contributed by atoms with Gasteiger partial charge in [0.25, 0.3) is 5.91 Å². The van der Waals surface area contributed by atoms with Crippen molar-refractivity contribution in [3.63, 3.8) is 0 Å². The van der Waals surface area contributed by atoms with Gasteiger partial charge in [-0.05, 0) is 106 Å². The van der Waals surface area contributed by atoms with Gasteiger partial charge in [0, 0.05) is 36.9 Å². The standard InChI is InChI=1S/C33H36I2N4O4Si/c1-21-31(44(2,3)42)30(15-16-38-19-28(36-37-38)26(20-40)23-7-5-4-6-8-23)43-33(21)27-17-25(35)13-14-29(27)39(32(33)41)18-22-9-11-24(34)12-10-22/h4-14,17,19,21,26,30-31,40,42H,15-16,18,20H2,1-3H3/t21-,26?,30+,31-,33+/m1/s1. The number of hydrogen-bond donors (Lipinski definition) is 2. The SMILES string of the molecule is C[C@@H]1[C@@H]([Si](C)(C)O)[C@H](CCn2cc(C(CO)c3ccccc3)nn2)O[C@@]12C(=O)N(Cc1ccc(I)cc1)c1ccc(I)cc12. The molecule has 1 spiro atoms. The maximum atomic E-state index is 14.6. The third kappa shape index (κ3) is 5.79. The minimum absolute atomic E-state index is 0.0667. The average molecular weight is 835 g/mol. The van der Waals surface area contributed by atoms with Crippen molar-refractivity contribution in [2.24, 2.45) is 5.92 Å². The number of aryl methyl sites for hydroxylation is 1. The Balaban J connectivity index is 1.30. The smallest absolute Gasteiger partial charge is 0.264 e. The molecule has 0 saturated carbocycles.